The van der Waals surface area contributed by atoms with Crippen LogP contribution in [0.3, 0.4) is 0 Å². The normalized spacial score (nSPS) is 15.2. The van der Waals surface area contributed by atoms with E-state index in [1.54, 1.807) is 24.5 Å². The summed E-state index contributed by atoms with van der Waals surface area (Å²) in [4.78, 5) is 30.7. The van der Waals surface area contributed by atoms with Crippen LogP contribution in [0.4, 0.5) is 0 Å². The molecule has 0 aromatic carbocycles. The smallest absolute Gasteiger partial charge is 0.252 e. The second kappa shape index (κ2) is 19.9. The first-order valence-corrected chi connectivity index (χ1v) is 13.9. The van der Waals surface area contributed by atoms with Gasteiger partial charge in [0.1, 0.15) is 0 Å². The molecule has 5 heteroatoms. The molecule has 0 bridgehead atoms. The summed E-state index contributed by atoms with van der Waals surface area (Å²) in [7, 11) is 0. The summed E-state index contributed by atoms with van der Waals surface area (Å²) in [5.41, 5.74) is 0.586. The monoisotopic (exact) mass is 503 g/mol. The van der Waals surface area contributed by atoms with Crippen molar-refractivity contribution < 1.29 is 9.59 Å². The van der Waals surface area contributed by atoms with Crippen molar-refractivity contribution in [3.63, 3.8) is 0 Å². The zero-order chi connectivity index (χ0) is 26.4. The highest BCUT2D eigenvalue weighted by Crippen LogP contribution is 2.18. The molecular formula is C32H45N3O2. The fraction of sp³-hybridized carbons (Fsp3) is 0.469. The summed E-state index contributed by atoms with van der Waals surface area (Å²) in [5.74, 6) is 0.595. The van der Waals surface area contributed by atoms with Gasteiger partial charge in [-0.15, -0.1) is 0 Å². The molecule has 0 spiro atoms. The van der Waals surface area contributed by atoms with Crippen molar-refractivity contribution in [1.82, 2.24) is 15.2 Å². The summed E-state index contributed by atoms with van der Waals surface area (Å²) in [6.07, 6.45) is 34.6. The average Bonchev–Trinajstić information content (AvgIpc) is 2.94. The van der Waals surface area contributed by atoms with Crippen molar-refractivity contribution in [2.75, 3.05) is 19.6 Å². The number of carbonyl (C=O) groups is 2. The molecule has 2 rings (SSSR count). The average molecular weight is 504 g/mol. The third kappa shape index (κ3) is 14.2. The summed E-state index contributed by atoms with van der Waals surface area (Å²) < 4.78 is 0. The molecule has 1 aliphatic heterocycles. The Kier molecular flexibility index (Phi) is 16.2. The van der Waals surface area contributed by atoms with Crippen molar-refractivity contribution in [3.8, 4) is 0 Å². The van der Waals surface area contributed by atoms with E-state index in [1.165, 1.54) is 0 Å². The molecule has 5 nitrogen and oxygen atoms in total. The largest absolute Gasteiger partial charge is 0.352 e. The van der Waals surface area contributed by atoms with Gasteiger partial charge in [-0.2, -0.15) is 0 Å². The summed E-state index contributed by atoms with van der Waals surface area (Å²) in [5, 5.41) is 3.00. The van der Waals surface area contributed by atoms with E-state index in [1.807, 2.05) is 4.90 Å². The SMILES string of the molecule is CCC=CCC=CCC=CCC=CCC=CCCCC(=O)N1CCC(CNC(=O)c2cccnc2)CC1. The van der Waals surface area contributed by atoms with Crippen molar-refractivity contribution >= 4 is 11.8 Å². The van der Waals surface area contributed by atoms with E-state index in [4.69, 9.17) is 0 Å². The molecular weight excluding hydrogens is 458 g/mol. The van der Waals surface area contributed by atoms with Gasteiger partial charge < -0.3 is 10.2 Å². The number of hydrogen-bond donors (Lipinski definition) is 1. The Bertz CT molecular complexity index is 907. The van der Waals surface area contributed by atoms with Gasteiger partial charge in [-0.05, 0) is 75.8 Å². The molecule has 2 amide bonds. The van der Waals surface area contributed by atoms with Gasteiger partial charge in [0.25, 0.3) is 5.91 Å². The van der Waals surface area contributed by atoms with Gasteiger partial charge >= 0.3 is 0 Å². The van der Waals surface area contributed by atoms with Gasteiger partial charge in [-0.25, -0.2) is 0 Å². The molecule has 1 fully saturated rings. The molecule has 37 heavy (non-hydrogen) atoms. The van der Waals surface area contributed by atoms with E-state index in [0.717, 1.165) is 70.9 Å². The predicted octanol–water partition coefficient (Wildman–Crippen LogP) is 6.97. The van der Waals surface area contributed by atoms with Crippen LogP contribution in [-0.2, 0) is 4.79 Å². The number of amides is 2. The third-order valence-electron chi connectivity index (χ3n) is 6.36. The predicted molar refractivity (Wildman–Crippen MR) is 154 cm³/mol. The van der Waals surface area contributed by atoms with Gasteiger partial charge in [0, 0.05) is 38.4 Å². The van der Waals surface area contributed by atoms with E-state index in [9.17, 15) is 9.59 Å². The molecule has 0 saturated carbocycles. The number of hydrogen-bond acceptors (Lipinski definition) is 3. The van der Waals surface area contributed by atoms with Gasteiger partial charge in [0.2, 0.25) is 5.91 Å². The molecule has 1 aromatic heterocycles. The summed E-state index contributed by atoms with van der Waals surface area (Å²) in [6.45, 7) is 4.38. The number of likely N-dealkylation sites (tertiary alicyclic amines) is 1. The second-order valence-electron chi connectivity index (χ2n) is 9.38. The minimum Gasteiger partial charge on any atom is -0.352 e. The topological polar surface area (TPSA) is 62.3 Å². The number of aromatic nitrogens is 1. The lowest BCUT2D eigenvalue weighted by Crippen LogP contribution is -2.41. The molecule has 0 atom stereocenters. The lowest BCUT2D eigenvalue weighted by Gasteiger charge is -2.32. The first-order chi connectivity index (χ1) is 18.2. The van der Waals surface area contributed by atoms with E-state index < -0.39 is 0 Å². The van der Waals surface area contributed by atoms with Crippen LogP contribution in [0, 0.1) is 5.92 Å². The van der Waals surface area contributed by atoms with E-state index in [0.29, 0.717) is 24.4 Å². The van der Waals surface area contributed by atoms with Gasteiger partial charge in [-0.1, -0.05) is 67.7 Å². The lowest BCUT2D eigenvalue weighted by molar-refractivity contribution is -0.132. The van der Waals surface area contributed by atoms with Crippen molar-refractivity contribution in [2.45, 2.75) is 71.1 Å². The number of allylic oxidation sites excluding steroid dienone is 10. The van der Waals surface area contributed by atoms with Gasteiger partial charge in [0.05, 0.1) is 5.56 Å². The van der Waals surface area contributed by atoms with Crippen LogP contribution >= 0.6 is 0 Å². The number of rotatable bonds is 16. The molecule has 200 valence electrons. The summed E-state index contributed by atoms with van der Waals surface area (Å²) in [6, 6.07) is 3.53. The highest BCUT2D eigenvalue weighted by atomic mass is 16.2. The first kappa shape index (κ1) is 30.0. The Morgan fingerprint density at radius 3 is 2.08 bits per heavy atom. The molecule has 1 aliphatic rings. The fourth-order valence-corrected chi connectivity index (χ4v) is 4.12. The number of piperidine rings is 1. The number of nitrogens with one attached hydrogen (secondary N) is 1. The molecule has 1 saturated heterocycles. The Hall–Kier alpha value is -3.21. The van der Waals surface area contributed by atoms with Crippen LogP contribution in [-0.4, -0.2) is 41.3 Å². The van der Waals surface area contributed by atoms with Crippen molar-refractivity contribution in [1.29, 1.82) is 0 Å². The fourth-order valence-electron chi connectivity index (χ4n) is 4.12. The van der Waals surface area contributed by atoms with Crippen LogP contribution in [0.2, 0.25) is 0 Å². The van der Waals surface area contributed by atoms with Gasteiger partial charge in [0.15, 0.2) is 0 Å². The summed E-state index contributed by atoms with van der Waals surface area (Å²) >= 11 is 0. The van der Waals surface area contributed by atoms with Gasteiger partial charge in [-0.3, -0.25) is 14.6 Å². The molecule has 0 unspecified atom stereocenters. The number of unbranched alkanes of at least 4 members (excludes halogenated alkanes) is 1. The lowest BCUT2D eigenvalue weighted by atomic mass is 9.96. The molecule has 0 aliphatic carbocycles. The number of nitrogens with zero attached hydrogens (tertiary/aromatic N) is 2. The quantitative estimate of drug-likeness (QED) is 0.196. The van der Waals surface area contributed by atoms with E-state index in [2.05, 4.69) is 78.0 Å². The second-order valence-corrected chi connectivity index (χ2v) is 9.38. The zero-order valence-corrected chi connectivity index (χ0v) is 22.6. The van der Waals surface area contributed by atoms with Crippen LogP contribution in [0.25, 0.3) is 0 Å². The Balaban J connectivity index is 1.46. The highest BCUT2D eigenvalue weighted by Gasteiger charge is 2.22. The Morgan fingerprint density at radius 1 is 0.919 bits per heavy atom. The number of pyridine rings is 1. The van der Waals surface area contributed by atoms with E-state index in [-0.39, 0.29) is 11.8 Å². The Morgan fingerprint density at radius 2 is 1.51 bits per heavy atom. The molecule has 0 radical (unpaired) electrons. The van der Waals surface area contributed by atoms with Crippen molar-refractivity contribution in [3.05, 3.63) is 90.9 Å². The molecule has 2 heterocycles. The maximum Gasteiger partial charge on any atom is 0.252 e. The maximum absolute atomic E-state index is 12.5. The van der Waals surface area contributed by atoms with Crippen LogP contribution < -0.4 is 5.32 Å². The van der Waals surface area contributed by atoms with Crippen molar-refractivity contribution in [2.24, 2.45) is 5.92 Å². The maximum atomic E-state index is 12.5. The third-order valence-corrected chi connectivity index (χ3v) is 6.36. The number of carbonyl (C=O) groups excluding carboxylic acids is 2. The highest BCUT2D eigenvalue weighted by molar-refractivity contribution is 5.93. The van der Waals surface area contributed by atoms with E-state index >= 15 is 0 Å². The minimum absolute atomic E-state index is 0.0818. The van der Waals surface area contributed by atoms with Crippen LogP contribution in [0.1, 0.15) is 81.5 Å². The van der Waals surface area contributed by atoms with Crippen LogP contribution in [0.5, 0.6) is 0 Å². The minimum atomic E-state index is -0.0818. The standard InChI is InChI=1S/C32H45N3O2/c1-2-3-4-5-6-7-8-9-10-11-12-13-14-15-16-17-18-21-31(36)35-25-22-29(23-26-35)27-34-32(37)30-20-19-24-33-28-30/h3-4,6-7,9-10,12-13,15-16,19-20,24,28-29H,2,5,8,11,14,17-18,21-23,25-27H2,1H3,(H,34,37). The Labute approximate surface area is 224 Å². The zero-order valence-electron chi connectivity index (χ0n) is 22.6. The van der Waals surface area contributed by atoms with Crippen LogP contribution in [0.15, 0.2) is 85.3 Å². The molecule has 1 aromatic rings. The first-order valence-electron chi connectivity index (χ1n) is 13.9. The molecule has 1 N–H and O–H groups in total.